The molecular weight excluding hydrogens is 226 g/mol. The Morgan fingerprint density at radius 1 is 1.39 bits per heavy atom. The SMILES string of the molecule is CC(=NNC(=O)C1CCCCC1)c1cccnc1. The number of amides is 1. The highest BCUT2D eigenvalue weighted by Gasteiger charge is 2.20. The molecule has 4 nitrogen and oxygen atoms in total. The molecule has 1 saturated carbocycles. The number of hydrazone groups is 1. The summed E-state index contributed by atoms with van der Waals surface area (Å²) in [5.41, 5.74) is 4.39. The van der Waals surface area contributed by atoms with Crippen molar-refractivity contribution in [2.75, 3.05) is 0 Å². The van der Waals surface area contributed by atoms with Crippen LogP contribution in [0.1, 0.15) is 44.6 Å². The first-order chi connectivity index (χ1) is 8.77. The molecule has 18 heavy (non-hydrogen) atoms. The van der Waals surface area contributed by atoms with Crippen LogP contribution < -0.4 is 5.43 Å². The van der Waals surface area contributed by atoms with Gasteiger partial charge in [-0.25, -0.2) is 5.43 Å². The zero-order valence-electron chi connectivity index (χ0n) is 10.7. The van der Waals surface area contributed by atoms with Crippen molar-refractivity contribution in [3.63, 3.8) is 0 Å². The average molecular weight is 245 g/mol. The quantitative estimate of drug-likeness (QED) is 0.657. The Labute approximate surface area is 108 Å². The second kappa shape index (κ2) is 6.28. The first-order valence-electron chi connectivity index (χ1n) is 6.52. The summed E-state index contributed by atoms with van der Waals surface area (Å²) in [5.74, 6) is 0.196. The summed E-state index contributed by atoms with van der Waals surface area (Å²) < 4.78 is 0. The van der Waals surface area contributed by atoms with E-state index in [4.69, 9.17) is 0 Å². The van der Waals surface area contributed by atoms with Crippen molar-refractivity contribution in [2.45, 2.75) is 39.0 Å². The summed E-state index contributed by atoms with van der Waals surface area (Å²) in [6, 6.07) is 3.79. The van der Waals surface area contributed by atoms with Gasteiger partial charge in [0.2, 0.25) is 5.91 Å². The van der Waals surface area contributed by atoms with Crippen molar-refractivity contribution in [1.82, 2.24) is 10.4 Å². The number of hydrogen-bond donors (Lipinski definition) is 1. The van der Waals surface area contributed by atoms with Gasteiger partial charge in [-0.15, -0.1) is 0 Å². The second-order valence-corrected chi connectivity index (χ2v) is 4.75. The van der Waals surface area contributed by atoms with Crippen molar-refractivity contribution in [3.8, 4) is 0 Å². The zero-order chi connectivity index (χ0) is 12.8. The molecule has 0 radical (unpaired) electrons. The average Bonchev–Trinajstić information content (AvgIpc) is 2.46. The molecule has 1 heterocycles. The maximum absolute atomic E-state index is 11.9. The molecule has 0 atom stereocenters. The highest BCUT2D eigenvalue weighted by Crippen LogP contribution is 2.23. The van der Waals surface area contributed by atoms with E-state index in [1.54, 1.807) is 12.4 Å². The number of carbonyl (C=O) groups is 1. The molecule has 1 aliphatic rings. The third kappa shape index (κ3) is 3.39. The minimum absolute atomic E-state index is 0.0536. The lowest BCUT2D eigenvalue weighted by molar-refractivity contribution is -0.125. The van der Waals surface area contributed by atoms with Gasteiger partial charge in [-0.05, 0) is 25.8 Å². The topological polar surface area (TPSA) is 54.4 Å². The van der Waals surface area contributed by atoms with Crippen molar-refractivity contribution in [1.29, 1.82) is 0 Å². The van der Waals surface area contributed by atoms with Crippen LogP contribution in [0.15, 0.2) is 29.6 Å². The van der Waals surface area contributed by atoms with Crippen LogP contribution in [0, 0.1) is 5.92 Å². The number of pyridine rings is 1. The normalized spacial score (nSPS) is 17.5. The summed E-state index contributed by atoms with van der Waals surface area (Å²) in [6.07, 6.45) is 9.01. The van der Waals surface area contributed by atoms with Gasteiger partial charge in [-0.3, -0.25) is 9.78 Å². The van der Waals surface area contributed by atoms with Crippen LogP contribution in [0.5, 0.6) is 0 Å². The lowest BCUT2D eigenvalue weighted by Gasteiger charge is -2.19. The number of nitrogens with one attached hydrogen (secondary N) is 1. The molecule has 0 aliphatic heterocycles. The molecule has 0 bridgehead atoms. The molecule has 1 aromatic heterocycles. The van der Waals surface area contributed by atoms with Crippen molar-refractivity contribution in [3.05, 3.63) is 30.1 Å². The van der Waals surface area contributed by atoms with Crippen LogP contribution in [0.2, 0.25) is 0 Å². The molecule has 4 heteroatoms. The van der Waals surface area contributed by atoms with Gasteiger partial charge in [0.05, 0.1) is 5.71 Å². The minimum Gasteiger partial charge on any atom is -0.273 e. The van der Waals surface area contributed by atoms with Crippen LogP contribution in [0.25, 0.3) is 0 Å². The molecule has 1 fully saturated rings. The lowest BCUT2D eigenvalue weighted by atomic mass is 9.89. The fourth-order valence-electron chi connectivity index (χ4n) is 2.24. The first kappa shape index (κ1) is 12.7. The van der Waals surface area contributed by atoms with Crippen LogP contribution in [-0.4, -0.2) is 16.6 Å². The lowest BCUT2D eigenvalue weighted by Crippen LogP contribution is -2.29. The molecule has 1 aliphatic carbocycles. The van der Waals surface area contributed by atoms with Crippen molar-refractivity contribution >= 4 is 11.6 Å². The standard InChI is InChI=1S/C14H19N3O/c1-11(13-8-5-9-15-10-13)16-17-14(18)12-6-3-2-4-7-12/h5,8-10,12H,2-4,6-7H2,1H3,(H,17,18). The molecule has 1 amide bonds. The van der Waals surface area contributed by atoms with Crippen molar-refractivity contribution in [2.24, 2.45) is 11.0 Å². The number of nitrogens with zero attached hydrogens (tertiary/aromatic N) is 2. The van der Waals surface area contributed by atoms with E-state index in [9.17, 15) is 4.79 Å². The van der Waals surface area contributed by atoms with Gasteiger partial charge in [0, 0.05) is 23.9 Å². The van der Waals surface area contributed by atoms with E-state index >= 15 is 0 Å². The third-order valence-electron chi connectivity index (χ3n) is 3.39. The Hall–Kier alpha value is -1.71. The molecule has 96 valence electrons. The van der Waals surface area contributed by atoms with E-state index in [2.05, 4.69) is 15.5 Å². The molecule has 0 saturated heterocycles. The van der Waals surface area contributed by atoms with Gasteiger partial charge in [-0.1, -0.05) is 25.3 Å². The van der Waals surface area contributed by atoms with E-state index in [0.717, 1.165) is 37.0 Å². The molecule has 0 unspecified atom stereocenters. The minimum atomic E-state index is 0.0536. The predicted octanol–water partition coefficient (Wildman–Crippen LogP) is 2.50. The molecule has 2 rings (SSSR count). The van der Waals surface area contributed by atoms with Gasteiger partial charge in [0.25, 0.3) is 0 Å². The number of hydrogen-bond acceptors (Lipinski definition) is 3. The second-order valence-electron chi connectivity index (χ2n) is 4.75. The molecule has 1 aromatic rings. The Morgan fingerprint density at radius 3 is 2.83 bits per heavy atom. The number of carbonyl (C=O) groups excluding carboxylic acids is 1. The molecule has 0 aromatic carbocycles. The summed E-state index contributed by atoms with van der Waals surface area (Å²) in [6.45, 7) is 1.87. The largest absolute Gasteiger partial charge is 0.273 e. The monoisotopic (exact) mass is 245 g/mol. The highest BCUT2D eigenvalue weighted by atomic mass is 16.2. The van der Waals surface area contributed by atoms with E-state index in [1.807, 2.05) is 19.1 Å². The Morgan fingerprint density at radius 2 is 2.17 bits per heavy atom. The third-order valence-corrected chi connectivity index (χ3v) is 3.39. The Bertz CT molecular complexity index is 422. The first-order valence-corrected chi connectivity index (χ1v) is 6.52. The number of aromatic nitrogens is 1. The highest BCUT2D eigenvalue weighted by molar-refractivity contribution is 5.99. The summed E-state index contributed by atoms with van der Waals surface area (Å²) >= 11 is 0. The van der Waals surface area contributed by atoms with Crippen molar-refractivity contribution < 1.29 is 4.79 Å². The van der Waals surface area contributed by atoms with Gasteiger partial charge >= 0.3 is 0 Å². The maximum atomic E-state index is 11.9. The fraction of sp³-hybridized carbons (Fsp3) is 0.500. The van der Waals surface area contributed by atoms with Gasteiger partial charge in [0.15, 0.2) is 0 Å². The van der Waals surface area contributed by atoms with Crippen LogP contribution in [0.3, 0.4) is 0 Å². The van der Waals surface area contributed by atoms with E-state index in [-0.39, 0.29) is 11.8 Å². The Kier molecular flexibility index (Phi) is 4.45. The van der Waals surface area contributed by atoms with E-state index < -0.39 is 0 Å². The van der Waals surface area contributed by atoms with Gasteiger partial charge in [-0.2, -0.15) is 5.10 Å². The molecule has 1 N–H and O–H groups in total. The fourth-order valence-corrected chi connectivity index (χ4v) is 2.24. The van der Waals surface area contributed by atoms with Crippen LogP contribution in [-0.2, 0) is 4.79 Å². The van der Waals surface area contributed by atoms with Gasteiger partial charge in [0.1, 0.15) is 0 Å². The van der Waals surface area contributed by atoms with Gasteiger partial charge < -0.3 is 0 Å². The summed E-state index contributed by atoms with van der Waals surface area (Å²) in [7, 11) is 0. The number of rotatable bonds is 3. The Balaban J connectivity index is 1.91. The predicted molar refractivity (Wildman–Crippen MR) is 71.2 cm³/mol. The zero-order valence-corrected chi connectivity index (χ0v) is 10.7. The van der Waals surface area contributed by atoms with Crippen LogP contribution >= 0.6 is 0 Å². The molecule has 0 spiro atoms. The summed E-state index contributed by atoms with van der Waals surface area (Å²) in [5, 5.41) is 4.15. The van der Waals surface area contributed by atoms with Crippen LogP contribution in [0.4, 0.5) is 0 Å². The maximum Gasteiger partial charge on any atom is 0.243 e. The van der Waals surface area contributed by atoms with E-state index in [1.165, 1.54) is 6.42 Å². The smallest absolute Gasteiger partial charge is 0.243 e. The van der Waals surface area contributed by atoms with E-state index in [0.29, 0.717) is 0 Å². The molecular formula is C14H19N3O. The summed E-state index contributed by atoms with van der Waals surface area (Å²) in [4.78, 5) is 15.9.